The molecule has 0 amide bonds. The standard InChI is InChI=1S/C14H29NO2S/c1-12(2)8-10-18(16,17)11-9-15-14-7-5-4-6-13(14)3/h12-15H,4-11H2,1-3H3. The summed E-state index contributed by atoms with van der Waals surface area (Å²) >= 11 is 0. The van der Waals surface area contributed by atoms with E-state index in [1.807, 2.05) is 0 Å². The lowest BCUT2D eigenvalue weighted by Crippen LogP contribution is -2.39. The van der Waals surface area contributed by atoms with Crippen LogP contribution in [0.3, 0.4) is 0 Å². The topological polar surface area (TPSA) is 46.2 Å². The summed E-state index contributed by atoms with van der Waals surface area (Å²) in [6.45, 7) is 7.02. The maximum Gasteiger partial charge on any atom is 0.151 e. The first-order valence-corrected chi connectivity index (χ1v) is 9.16. The van der Waals surface area contributed by atoms with Crippen LogP contribution in [0.5, 0.6) is 0 Å². The van der Waals surface area contributed by atoms with Crippen molar-refractivity contribution in [2.24, 2.45) is 11.8 Å². The number of rotatable bonds is 7. The summed E-state index contributed by atoms with van der Waals surface area (Å²) in [5.41, 5.74) is 0. The Hall–Kier alpha value is -0.0900. The Bertz CT molecular complexity index is 325. The highest BCUT2D eigenvalue weighted by Gasteiger charge is 2.21. The van der Waals surface area contributed by atoms with Crippen LogP contribution in [-0.4, -0.2) is 32.5 Å². The Morgan fingerprint density at radius 1 is 1.17 bits per heavy atom. The fourth-order valence-corrected chi connectivity index (χ4v) is 4.00. The zero-order valence-corrected chi connectivity index (χ0v) is 12.9. The molecule has 18 heavy (non-hydrogen) atoms. The van der Waals surface area contributed by atoms with Crippen molar-refractivity contribution in [1.29, 1.82) is 0 Å². The van der Waals surface area contributed by atoms with Crippen molar-refractivity contribution >= 4 is 9.84 Å². The molecule has 1 saturated carbocycles. The Kier molecular flexibility index (Phi) is 6.64. The molecular formula is C14H29NO2S. The van der Waals surface area contributed by atoms with Crippen LogP contribution in [0.25, 0.3) is 0 Å². The third kappa shape index (κ3) is 6.19. The first-order valence-electron chi connectivity index (χ1n) is 7.34. The van der Waals surface area contributed by atoms with Gasteiger partial charge in [0.25, 0.3) is 0 Å². The van der Waals surface area contributed by atoms with Crippen molar-refractivity contribution in [3.8, 4) is 0 Å². The molecule has 0 aromatic heterocycles. The van der Waals surface area contributed by atoms with Gasteiger partial charge in [-0.25, -0.2) is 8.42 Å². The smallest absolute Gasteiger partial charge is 0.151 e. The average molecular weight is 275 g/mol. The van der Waals surface area contributed by atoms with Crippen LogP contribution in [0.15, 0.2) is 0 Å². The van der Waals surface area contributed by atoms with Crippen LogP contribution in [0.4, 0.5) is 0 Å². The Morgan fingerprint density at radius 3 is 2.44 bits per heavy atom. The van der Waals surface area contributed by atoms with E-state index in [1.54, 1.807) is 0 Å². The van der Waals surface area contributed by atoms with Gasteiger partial charge in [-0.1, -0.05) is 33.6 Å². The molecular weight excluding hydrogens is 246 g/mol. The molecule has 1 N–H and O–H groups in total. The molecule has 4 heteroatoms. The fraction of sp³-hybridized carbons (Fsp3) is 1.00. The zero-order chi connectivity index (χ0) is 13.6. The largest absolute Gasteiger partial charge is 0.313 e. The highest BCUT2D eigenvalue weighted by atomic mass is 32.2. The minimum Gasteiger partial charge on any atom is -0.313 e. The lowest BCUT2D eigenvalue weighted by molar-refractivity contribution is 0.285. The quantitative estimate of drug-likeness (QED) is 0.777. The molecule has 0 aromatic rings. The molecule has 1 aliphatic rings. The molecule has 1 rings (SSSR count). The molecule has 0 spiro atoms. The van der Waals surface area contributed by atoms with Crippen LogP contribution in [0.2, 0.25) is 0 Å². The van der Waals surface area contributed by atoms with Gasteiger partial charge in [0.05, 0.1) is 11.5 Å². The van der Waals surface area contributed by atoms with E-state index < -0.39 is 9.84 Å². The van der Waals surface area contributed by atoms with Crippen LogP contribution >= 0.6 is 0 Å². The van der Waals surface area contributed by atoms with Gasteiger partial charge in [0.1, 0.15) is 0 Å². The molecule has 1 fully saturated rings. The van der Waals surface area contributed by atoms with Crippen LogP contribution in [0, 0.1) is 11.8 Å². The number of nitrogens with one attached hydrogen (secondary N) is 1. The summed E-state index contributed by atoms with van der Waals surface area (Å²) in [6, 6.07) is 0.527. The van der Waals surface area contributed by atoms with Crippen LogP contribution < -0.4 is 5.32 Å². The van der Waals surface area contributed by atoms with E-state index in [0.29, 0.717) is 35.9 Å². The second-order valence-electron chi connectivity index (χ2n) is 6.16. The Balaban J connectivity index is 2.23. The third-order valence-electron chi connectivity index (χ3n) is 3.94. The molecule has 2 atom stereocenters. The SMILES string of the molecule is CC(C)CCS(=O)(=O)CCNC1CCCCC1C. The van der Waals surface area contributed by atoms with Crippen molar-refractivity contribution in [3.05, 3.63) is 0 Å². The first-order chi connectivity index (χ1) is 8.41. The summed E-state index contributed by atoms with van der Waals surface area (Å²) in [5, 5.41) is 3.44. The van der Waals surface area contributed by atoms with Crippen LogP contribution in [-0.2, 0) is 9.84 Å². The molecule has 0 saturated heterocycles. The van der Waals surface area contributed by atoms with Gasteiger partial charge in [0.2, 0.25) is 0 Å². The lowest BCUT2D eigenvalue weighted by atomic mass is 9.86. The highest BCUT2D eigenvalue weighted by molar-refractivity contribution is 7.91. The van der Waals surface area contributed by atoms with E-state index in [1.165, 1.54) is 25.7 Å². The monoisotopic (exact) mass is 275 g/mol. The Labute approximate surface area is 113 Å². The van der Waals surface area contributed by atoms with Crippen molar-refractivity contribution in [1.82, 2.24) is 5.32 Å². The van der Waals surface area contributed by atoms with Crippen molar-refractivity contribution < 1.29 is 8.42 Å². The van der Waals surface area contributed by atoms with E-state index in [2.05, 4.69) is 26.1 Å². The second-order valence-corrected chi connectivity index (χ2v) is 8.46. The van der Waals surface area contributed by atoms with Gasteiger partial charge in [0.15, 0.2) is 9.84 Å². The normalized spacial score (nSPS) is 25.6. The van der Waals surface area contributed by atoms with E-state index in [0.717, 1.165) is 6.42 Å². The third-order valence-corrected chi connectivity index (χ3v) is 5.62. The van der Waals surface area contributed by atoms with Gasteiger partial charge in [-0.2, -0.15) is 0 Å². The summed E-state index contributed by atoms with van der Waals surface area (Å²) in [7, 11) is -2.86. The van der Waals surface area contributed by atoms with Crippen molar-refractivity contribution in [2.75, 3.05) is 18.1 Å². The molecule has 3 nitrogen and oxygen atoms in total. The summed E-state index contributed by atoms with van der Waals surface area (Å²) in [6.07, 6.45) is 5.86. The van der Waals surface area contributed by atoms with Crippen molar-refractivity contribution in [2.45, 2.75) is 58.9 Å². The molecule has 0 bridgehead atoms. The molecule has 108 valence electrons. The van der Waals surface area contributed by atoms with Gasteiger partial charge in [0, 0.05) is 12.6 Å². The van der Waals surface area contributed by atoms with E-state index >= 15 is 0 Å². The lowest BCUT2D eigenvalue weighted by Gasteiger charge is -2.29. The molecule has 0 aromatic carbocycles. The van der Waals surface area contributed by atoms with E-state index in [-0.39, 0.29) is 0 Å². The minimum absolute atomic E-state index is 0.295. The first kappa shape index (κ1) is 16.0. The van der Waals surface area contributed by atoms with Gasteiger partial charge in [-0.15, -0.1) is 0 Å². The van der Waals surface area contributed by atoms with Crippen LogP contribution in [0.1, 0.15) is 52.9 Å². The second kappa shape index (κ2) is 7.49. The predicted molar refractivity (Wildman–Crippen MR) is 77.5 cm³/mol. The fourth-order valence-electron chi connectivity index (χ4n) is 2.54. The van der Waals surface area contributed by atoms with Gasteiger partial charge >= 0.3 is 0 Å². The molecule has 1 aliphatic carbocycles. The number of hydrogen-bond acceptors (Lipinski definition) is 3. The van der Waals surface area contributed by atoms with Gasteiger partial charge in [-0.05, 0) is 31.1 Å². The minimum atomic E-state index is -2.86. The van der Waals surface area contributed by atoms with Gasteiger partial charge < -0.3 is 5.32 Å². The zero-order valence-electron chi connectivity index (χ0n) is 12.1. The van der Waals surface area contributed by atoms with Gasteiger partial charge in [-0.3, -0.25) is 0 Å². The molecule has 0 heterocycles. The summed E-state index contributed by atoms with van der Waals surface area (Å²) in [4.78, 5) is 0. The van der Waals surface area contributed by atoms with E-state index in [4.69, 9.17) is 0 Å². The van der Waals surface area contributed by atoms with E-state index in [9.17, 15) is 8.42 Å². The number of sulfone groups is 1. The average Bonchev–Trinajstić information content (AvgIpc) is 2.29. The maximum atomic E-state index is 11.8. The maximum absolute atomic E-state index is 11.8. The molecule has 2 unspecified atom stereocenters. The Morgan fingerprint density at radius 2 is 1.83 bits per heavy atom. The summed E-state index contributed by atoms with van der Waals surface area (Å²) in [5.74, 6) is 1.79. The predicted octanol–water partition coefficient (Wildman–Crippen LogP) is 2.62. The molecule has 0 radical (unpaired) electrons. The number of hydrogen-bond donors (Lipinski definition) is 1. The van der Waals surface area contributed by atoms with Crippen molar-refractivity contribution in [3.63, 3.8) is 0 Å². The summed E-state index contributed by atoms with van der Waals surface area (Å²) < 4.78 is 23.6. The highest BCUT2D eigenvalue weighted by Crippen LogP contribution is 2.23. The molecule has 0 aliphatic heterocycles.